The Morgan fingerprint density at radius 2 is 2.21 bits per heavy atom. The number of hydrogen-bond acceptors (Lipinski definition) is 4. The number of aromatic hydroxyl groups is 1. The van der Waals surface area contributed by atoms with Crippen molar-refractivity contribution in [2.45, 2.75) is 12.5 Å². The van der Waals surface area contributed by atoms with E-state index in [1.165, 1.54) is 12.1 Å². The van der Waals surface area contributed by atoms with Crippen molar-refractivity contribution in [1.29, 1.82) is 0 Å². The highest BCUT2D eigenvalue weighted by molar-refractivity contribution is 5.73. The lowest BCUT2D eigenvalue weighted by atomic mass is 10.1. The van der Waals surface area contributed by atoms with Crippen molar-refractivity contribution in [3.63, 3.8) is 0 Å². The predicted octanol–water partition coefficient (Wildman–Crippen LogP) is -0.965. The van der Waals surface area contributed by atoms with E-state index in [1.807, 2.05) is 0 Å². The number of carbonyl (C=O) groups is 1. The van der Waals surface area contributed by atoms with E-state index in [9.17, 15) is 9.59 Å². The molecule has 0 saturated heterocycles. The first-order valence-electron chi connectivity index (χ1n) is 3.89. The molecule has 1 aromatic rings. The fourth-order valence-corrected chi connectivity index (χ4v) is 1.04. The zero-order chi connectivity index (χ0) is 10.7. The van der Waals surface area contributed by atoms with Crippen LogP contribution in [-0.2, 0) is 11.2 Å². The fraction of sp³-hybridized carbons (Fsp3) is 0.250. The quantitative estimate of drug-likeness (QED) is 0.498. The van der Waals surface area contributed by atoms with Crippen LogP contribution in [0.5, 0.6) is 5.88 Å². The van der Waals surface area contributed by atoms with Gasteiger partial charge in [0.05, 0.1) is 0 Å². The first kappa shape index (κ1) is 10.3. The molecule has 1 atom stereocenters. The van der Waals surface area contributed by atoms with Crippen LogP contribution in [-0.4, -0.2) is 27.2 Å². The van der Waals surface area contributed by atoms with Crippen molar-refractivity contribution >= 4 is 5.97 Å². The molecule has 0 saturated carbocycles. The Morgan fingerprint density at radius 3 is 2.71 bits per heavy atom. The highest BCUT2D eigenvalue weighted by atomic mass is 16.4. The van der Waals surface area contributed by atoms with Crippen LogP contribution in [0.4, 0.5) is 0 Å². The van der Waals surface area contributed by atoms with Gasteiger partial charge in [0.15, 0.2) is 5.88 Å². The van der Waals surface area contributed by atoms with Crippen LogP contribution in [0.2, 0.25) is 0 Å². The number of carboxylic acids is 1. The van der Waals surface area contributed by atoms with Crippen LogP contribution < -0.4 is 11.3 Å². The second-order valence-corrected chi connectivity index (χ2v) is 2.89. The Balaban J connectivity index is 2.87. The molecule has 0 aliphatic rings. The molecule has 0 spiro atoms. The number of pyridine rings is 1. The number of hydrogen-bond donors (Lipinski definition) is 4. The number of nitrogens with two attached hydrogens (primary N) is 1. The molecule has 0 radical (unpaired) electrons. The summed E-state index contributed by atoms with van der Waals surface area (Å²) in [5.41, 5.74) is 5.16. The lowest BCUT2D eigenvalue weighted by molar-refractivity contribution is -0.138. The Kier molecular flexibility index (Phi) is 2.88. The van der Waals surface area contributed by atoms with Gasteiger partial charge < -0.3 is 15.9 Å². The third-order valence-corrected chi connectivity index (χ3v) is 1.66. The molecule has 6 heteroatoms. The summed E-state index contributed by atoms with van der Waals surface area (Å²) < 4.78 is 0. The molecule has 0 unspecified atom stereocenters. The molecule has 1 aromatic heterocycles. The van der Waals surface area contributed by atoms with Gasteiger partial charge in [-0.15, -0.1) is 0 Å². The summed E-state index contributed by atoms with van der Waals surface area (Å²) in [6.45, 7) is 0. The highest BCUT2D eigenvalue weighted by Crippen LogP contribution is 2.06. The number of H-pyrrole nitrogens is 1. The molecule has 0 aliphatic heterocycles. The number of aromatic amines is 1. The molecular weight excluding hydrogens is 188 g/mol. The van der Waals surface area contributed by atoms with Gasteiger partial charge in [0.25, 0.3) is 5.56 Å². The van der Waals surface area contributed by atoms with Crippen molar-refractivity contribution in [2.75, 3.05) is 0 Å². The molecule has 0 amide bonds. The number of aliphatic carboxylic acids is 1. The maximum absolute atomic E-state index is 10.9. The third-order valence-electron chi connectivity index (χ3n) is 1.66. The lowest BCUT2D eigenvalue weighted by Crippen LogP contribution is -2.32. The summed E-state index contributed by atoms with van der Waals surface area (Å²) in [7, 11) is 0. The van der Waals surface area contributed by atoms with Crippen molar-refractivity contribution in [3.05, 3.63) is 28.0 Å². The van der Waals surface area contributed by atoms with Crippen molar-refractivity contribution in [1.82, 2.24) is 4.98 Å². The van der Waals surface area contributed by atoms with Crippen LogP contribution in [0.1, 0.15) is 5.56 Å². The molecular formula is C8H10N2O4. The van der Waals surface area contributed by atoms with E-state index >= 15 is 0 Å². The minimum Gasteiger partial charge on any atom is -0.495 e. The summed E-state index contributed by atoms with van der Waals surface area (Å²) in [6.07, 6.45) is 0.00676. The summed E-state index contributed by atoms with van der Waals surface area (Å²) in [6, 6.07) is 1.39. The van der Waals surface area contributed by atoms with E-state index in [2.05, 4.69) is 4.98 Å². The van der Waals surface area contributed by atoms with Crippen LogP contribution in [0.3, 0.4) is 0 Å². The Hall–Kier alpha value is -1.82. The fourth-order valence-electron chi connectivity index (χ4n) is 1.04. The van der Waals surface area contributed by atoms with Crippen LogP contribution in [0.15, 0.2) is 16.9 Å². The van der Waals surface area contributed by atoms with E-state index in [0.29, 0.717) is 5.56 Å². The van der Waals surface area contributed by atoms with Gasteiger partial charge >= 0.3 is 5.97 Å². The normalized spacial score (nSPS) is 12.4. The molecule has 1 rings (SSSR count). The minimum absolute atomic E-state index is 0.00676. The number of aromatic nitrogens is 1. The van der Waals surface area contributed by atoms with E-state index in [1.54, 1.807) is 0 Å². The smallest absolute Gasteiger partial charge is 0.320 e. The zero-order valence-electron chi connectivity index (χ0n) is 7.23. The Morgan fingerprint density at radius 1 is 1.57 bits per heavy atom. The van der Waals surface area contributed by atoms with Gasteiger partial charge in [-0.2, -0.15) is 0 Å². The van der Waals surface area contributed by atoms with E-state index in [4.69, 9.17) is 15.9 Å². The molecule has 1 heterocycles. The molecule has 14 heavy (non-hydrogen) atoms. The van der Waals surface area contributed by atoms with Gasteiger partial charge in [-0.05, 0) is 12.0 Å². The summed E-state index contributed by atoms with van der Waals surface area (Å²) in [5.74, 6) is -1.45. The number of carboxylic acid groups (broad SMARTS) is 1. The molecule has 5 N–H and O–H groups in total. The second-order valence-electron chi connectivity index (χ2n) is 2.89. The number of rotatable bonds is 3. The van der Waals surface area contributed by atoms with Crippen LogP contribution in [0, 0.1) is 0 Å². The predicted molar refractivity (Wildman–Crippen MR) is 48.0 cm³/mol. The maximum Gasteiger partial charge on any atom is 0.320 e. The first-order chi connectivity index (χ1) is 6.49. The van der Waals surface area contributed by atoms with Gasteiger partial charge in [-0.3, -0.25) is 14.6 Å². The minimum atomic E-state index is -1.15. The average Bonchev–Trinajstić information content (AvgIpc) is 2.01. The van der Waals surface area contributed by atoms with Crippen molar-refractivity contribution in [2.24, 2.45) is 5.73 Å². The van der Waals surface area contributed by atoms with E-state index in [-0.39, 0.29) is 12.3 Å². The highest BCUT2D eigenvalue weighted by Gasteiger charge is 2.12. The Labute approximate surface area is 79.0 Å². The summed E-state index contributed by atoms with van der Waals surface area (Å²) in [5, 5.41) is 17.5. The summed E-state index contributed by atoms with van der Waals surface area (Å²) in [4.78, 5) is 23.4. The molecule has 6 nitrogen and oxygen atoms in total. The molecule has 0 aromatic carbocycles. The van der Waals surface area contributed by atoms with Gasteiger partial charge in [-0.25, -0.2) is 0 Å². The average molecular weight is 198 g/mol. The SMILES string of the molecule is N[C@@H](Cc1cc(O)[nH]c(=O)c1)C(=O)O. The monoisotopic (exact) mass is 198 g/mol. The lowest BCUT2D eigenvalue weighted by Gasteiger charge is -2.05. The van der Waals surface area contributed by atoms with E-state index in [0.717, 1.165) is 0 Å². The number of nitrogens with one attached hydrogen (secondary N) is 1. The van der Waals surface area contributed by atoms with Gasteiger partial charge in [0.2, 0.25) is 0 Å². The molecule has 0 fully saturated rings. The van der Waals surface area contributed by atoms with Crippen LogP contribution in [0.25, 0.3) is 0 Å². The van der Waals surface area contributed by atoms with E-state index < -0.39 is 17.6 Å². The van der Waals surface area contributed by atoms with Crippen LogP contribution >= 0.6 is 0 Å². The maximum atomic E-state index is 10.9. The topological polar surface area (TPSA) is 116 Å². The van der Waals surface area contributed by atoms with Gasteiger partial charge in [-0.1, -0.05) is 0 Å². The first-order valence-corrected chi connectivity index (χ1v) is 3.89. The standard InChI is InChI=1S/C8H10N2O4/c9-5(8(13)14)1-4-2-6(11)10-7(12)3-4/h2-3,5H,1,9H2,(H,13,14)(H2,10,11,12)/t5-/m0/s1. The largest absolute Gasteiger partial charge is 0.495 e. The molecule has 0 aliphatic carbocycles. The molecule has 0 bridgehead atoms. The van der Waals surface area contributed by atoms with Gasteiger partial charge in [0, 0.05) is 12.1 Å². The molecule has 76 valence electrons. The zero-order valence-corrected chi connectivity index (χ0v) is 7.23. The van der Waals surface area contributed by atoms with Gasteiger partial charge in [0.1, 0.15) is 6.04 Å². The summed E-state index contributed by atoms with van der Waals surface area (Å²) >= 11 is 0. The Bertz CT molecular complexity index is 399. The second kappa shape index (κ2) is 3.93. The van der Waals surface area contributed by atoms with Crippen molar-refractivity contribution in [3.8, 4) is 5.88 Å². The van der Waals surface area contributed by atoms with Crippen molar-refractivity contribution < 1.29 is 15.0 Å². The third kappa shape index (κ3) is 2.60.